The van der Waals surface area contributed by atoms with Gasteiger partial charge in [-0.05, 0) is 66.4 Å². The van der Waals surface area contributed by atoms with Gasteiger partial charge in [0.1, 0.15) is 5.75 Å². The summed E-state index contributed by atoms with van der Waals surface area (Å²) in [7, 11) is 0. The molecule has 0 radical (unpaired) electrons. The van der Waals surface area contributed by atoms with E-state index < -0.39 is 5.92 Å². The molecule has 1 fully saturated rings. The summed E-state index contributed by atoms with van der Waals surface area (Å²) in [4.78, 5) is 39.2. The number of anilines is 2. The summed E-state index contributed by atoms with van der Waals surface area (Å²) in [5, 5.41) is 6.27. The van der Waals surface area contributed by atoms with Crippen LogP contribution in [-0.4, -0.2) is 30.9 Å². The van der Waals surface area contributed by atoms with Crippen molar-refractivity contribution in [2.45, 2.75) is 33.2 Å². The predicted molar refractivity (Wildman–Crippen MR) is 145 cm³/mol. The minimum Gasteiger partial charge on any atom is -0.484 e. The number of amides is 3. The summed E-state index contributed by atoms with van der Waals surface area (Å²) >= 11 is 6.00. The van der Waals surface area contributed by atoms with Crippen LogP contribution < -0.4 is 20.3 Å². The Labute approximate surface area is 221 Å². The molecule has 1 aliphatic rings. The molecule has 4 rings (SSSR count). The summed E-state index contributed by atoms with van der Waals surface area (Å²) in [6, 6.07) is 20.3. The molecular weight excluding hydrogens is 490 g/mol. The van der Waals surface area contributed by atoms with Gasteiger partial charge in [0, 0.05) is 35.9 Å². The molecule has 0 saturated carbocycles. The van der Waals surface area contributed by atoms with Crippen molar-refractivity contribution in [3.63, 3.8) is 0 Å². The van der Waals surface area contributed by atoms with Gasteiger partial charge in [-0.3, -0.25) is 14.4 Å². The lowest BCUT2D eigenvalue weighted by Crippen LogP contribution is -2.32. The normalized spacial score (nSPS) is 14.9. The highest BCUT2D eigenvalue weighted by Crippen LogP contribution is 2.27. The molecule has 37 heavy (non-hydrogen) atoms. The molecule has 1 saturated heterocycles. The molecule has 8 heteroatoms. The van der Waals surface area contributed by atoms with E-state index >= 15 is 0 Å². The van der Waals surface area contributed by atoms with Crippen molar-refractivity contribution in [2.24, 2.45) is 5.92 Å². The van der Waals surface area contributed by atoms with Crippen LogP contribution in [0, 0.1) is 12.8 Å². The molecule has 0 aromatic heterocycles. The standard InChI is InChI=1S/C29H30ClN3O4/c1-3-20-5-7-21(8-6-20)16-31-29(36)22-14-28(35)33(17-22)24-10-12-25(13-11-24)37-18-27(34)32-26-15-23(30)9-4-19(26)2/h4-13,15,22H,3,14,16-18H2,1-2H3,(H,31,36)(H,32,34)/t22-/m1/s1. The summed E-state index contributed by atoms with van der Waals surface area (Å²) in [5.74, 6) is -0.443. The van der Waals surface area contributed by atoms with E-state index in [0.29, 0.717) is 35.2 Å². The zero-order chi connectivity index (χ0) is 26.4. The Morgan fingerprint density at radius 3 is 2.43 bits per heavy atom. The molecule has 0 unspecified atom stereocenters. The average Bonchev–Trinajstić information content (AvgIpc) is 3.30. The number of hydrogen-bond donors (Lipinski definition) is 2. The number of halogens is 1. The van der Waals surface area contributed by atoms with Gasteiger partial charge in [0.25, 0.3) is 5.91 Å². The number of nitrogens with zero attached hydrogens (tertiary/aromatic N) is 1. The summed E-state index contributed by atoms with van der Waals surface area (Å²) < 4.78 is 5.59. The molecule has 3 aromatic carbocycles. The van der Waals surface area contributed by atoms with Crippen molar-refractivity contribution in [2.75, 3.05) is 23.4 Å². The smallest absolute Gasteiger partial charge is 0.262 e. The first-order valence-electron chi connectivity index (χ1n) is 12.3. The molecule has 1 heterocycles. The SMILES string of the molecule is CCc1ccc(CNC(=O)[C@@H]2CC(=O)N(c3ccc(OCC(=O)Nc4cc(Cl)ccc4C)cc3)C2)cc1. The topological polar surface area (TPSA) is 87.7 Å². The van der Waals surface area contributed by atoms with Crippen LogP contribution in [0.25, 0.3) is 0 Å². The molecule has 1 atom stereocenters. The van der Waals surface area contributed by atoms with Crippen molar-refractivity contribution in [1.29, 1.82) is 0 Å². The third-order valence-corrected chi connectivity index (χ3v) is 6.62. The molecule has 3 amide bonds. The number of carbonyl (C=O) groups is 3. The lowest BCUT2D eigenvalue weighted by Gasteiger charge is -2.17. The van der Waals surface area contributed by atoms with Crippen LogP contribution >= 0.6 is 11.6 Å². The van der Waals surface area contributed by atoms with Gasteiger partial charge in [0.05, 0.1) is 5.92 Å². The fourth-order valence-corrected chi connectivity index (χ4v) is 4.32. The molecule has 1 aliphatic heterocycles. The first kappa shape index (κ1) is 26.2. The molecule has 192 valence electrons. The van der Waals surface area contributed by atoms with Gasteiger partial charge >= 0.3 is 0 Å². The molecule has 7 nitrogen and oxygen atoms in total. The van der Waals surface area contributed by atoms with E-state index in [4.69, 9.17) is 16.3 Å². The fourth-order valence-electron chi connectivity index (χ4n) is 4.15. The van der Waals surface area contributed by atoms with Crippen LogP contribution in [0.2, 0.25) is 5.02 Å². The molecule has 0 spiro atoms. The monoisotopic (exact) mass is 519 g/mol. The first-order valence-corrected chi connectivity index (χ1v) is 12.6. The van der Waals surface area contributed by atoms with Gasteiger partial charge in [0.15, 0.2) is 6.61 Å². The highest BCUT2D eigenvalue weighted by molar-refractivity contribution is 6.31. The van der Waals surface area contributed by atoms with E-state index in [9.17, 15) is 14.4 Å². The highest BCUT2D eigenvalue weighted by atomic mass is 35.5. The third-order valence-electron chi connectivity index (χ3n) is 6.39. The second-order valence-corrected chi connectivity index (χ2v) is 9.52. The molecule has 0 aliphatic carbocycles. The Morgan fingerprint density at radius 2 is 1.73 bits per heavy atom. The predicted octanol–water partition coefficient (Wildman–Crippen LogP) is 4.90. The minimum absolute atomic E-state index is 0.0996. The van der Waals surface area contributed by atoms with Crippen molar-refractivity contribution in [3.05, 3.63) is 88.4 Å². The van der Waals surface area contributed by atoms with Gasteiger partial charge in [0.2, 0.25) is 11.8 Å². The molecule has 2 N–H and O–H groups in total. The summed E-state index contributed by atoms with van der Waals surface area (Å²) in [5.41, 5.74) is 4.49. The molecule has 3 aromatic rings. The van der Waals surface area contributed by atoms with E-state index in [1.807, 2.05) is 25.1 Å². The van der Waals surface area contributed by atoms with E-state index in [-0.39, 0.29) is 30.7 Å². The van der Waals surface area contributed by atoms with Gasteiger partial charge in [-0.1, -0.05) is 48.9 Å². The van der Waals surface area contributed by atoms with Crippen LogP contribution in [0.3, 0.4) is 0 Å². The summed E-state index contributed by atoms with van der Waals surface area (Å²) in [6.07, 6.45) is 1.14. The number of nitrogens with one attached hydrogen (secondary N) is 2. The lowest BCUT2D eigenvalue weighted by molar-refractivity contribution is -0.126. The zero-order valence-corrected chi connectivity index (χ0v) is 21.7. The number of benzene rings is 3. The van der Waals surface area contributed by atoms with Gasteiger partial charge in [-0.15, -0.1) is 0 Å². The number of hydrogen-bond acceptors (Lipinski definition) is 4. The second-order valence-electron chi connectivity index (χ2n) is 9.08. The maximum atomic E-state index is 12.7. The van der Waals surface area contributed by atoms with Crippen LogP contribution in [0.15, 0.2) is 66.7 Å². The Balaban J connectivity index is 1.26. The summed E-state index contributed by atoms with van der Waals surface area (Å²) in [6.45, 7) is 4.57. The molecular formula is C29H30ClN3O4. The third kappa shape index (κ3) is 6.89. The largest absolute Gasteiger partial charge is 0.484 e. The highest BCUT2D eigenvalue weighted by Gasteiger charge is 2.35. The van der Waals surface area contributed by atoms with Crippen molar-refractivity contribution in [3.8, 4) is 5.75 Å². The maximum absolute atomic E-state index is 12.7. The Hall–Kier alpha value is -3.84. The first-order chi connectivity index (χ1) is 17.8. The van der Waals surface area contributed by atoms with Gasteiger partial charge < -0.3 is 20.3 Å². The second kappa shape index (κ2) is 11.9. The number of carbonyl (C=O) groups excluding carboxylic acids is 3. The van der Waals surface area contributed by atoms with E-state index in [1.165, 1.54) is 5.56 Å². The molecule has 0 bridgehead atoms. The lowest BCUT2D eigenvalue weighted by atomic mass is 10.1. The average molecular weight is 520 g/mol. The van der Waals surface area contributed by atoms with E-state index in [1.54, 1.807) is 41.3 Å². The van der Waals surface area contributed by atoms with Crippen LogP contribution in [0.5, 0.6) is 5.75 Å². The van der Waals surface area contributed by atoms with Crippen LogP contribution in [-0.2, 0) is 27.3 Å². The van der Waals surface area contributed by atoms with Crippen LogP contribution in [0.1, 0.15) is 30.0 Å². The van der Waals surface area contributed by atoms with Crippen molar-refractivity contribution < 1.29 is 19.1 Å². The van der Waals surface area contributed by atoms with E-state index in [2.05, 4.69) is 29.7 Å². The Kier molecular flexibility index (Phi) is 8.46. The number of aryl methyl sites for hydroxylation is 2. The van der Waals surface area contributed by atoms with Crippen molar-refractivity contribution in [1.82, 2.24) is 5.32 Å². The quantitative estimate of drug-likeness (QED) is 0.421. The van der Waals surface area contributed by atoms with E-state index in [0.717, 1.165) is 17.5 Å². The number of rotatable bonds is 9. The Bertz CT molecular complexity index is 1280. The fraction of sp³-hybridized carbons (Fsp3) is 0.276. The zero-order valence-electron chi connectivity index (χ0n) is 20.9. The number of ether oxygens (including phenoxy) is 1. The van der Waals surface area contributed by atoms with Gasteiger partial charge in [-0.25, -0.2) is 0 Å². The van der Waals surface area contributed by atoms with Crippen molar-refractivity contribution >= 4 is 40.7 Å². The van der Waals surface area contributed by atoms with Crippen LogP contribution in [0.4, 0.5) is 11.4 Å². The Morgan fingerprint density at radius 1 is 1.03 bits per heavy atom. The minimum atomic E-state index is -0.406. The maximum Gasteiger partial charge on any atom is 0.262 e. The van der Waals surface area contributed by atoms with Gasteiger partial charge in [-0.2, -0.15) is 0 Å².